The Bertz CT molecular complexity index is 323. The molecule has 1 heterocycles. The van der Waals surface area contributed by atoms with E-state index in [9.17, 15) is 14.4 Å². The van der Waals surface area contributed by atoms with Crippen molar-refractivity contribution in [1.82, 2.24) is 16.0 Å². The number of rotatable bonds is 3. The van der Waals surface area contributed by atoms with Crippen LogP contribution in [0.5, 0.6) is 0 Å². The van der Waals surface area contributed by atoms with Crippen LogP contribution >= 0.6 is 0 Å². The van der Waals surface area contributed by atoms with Gasteiger partial charge in [-0.15, -0.1) is 0 Å². The molecule has 1 unspecified atom stereocenters. The normalized spacial score (nSPS) is 25.4. The van der Waals surface area contributed by atoms with E-state index in [1.807, 2.05) is 0 Å². The predicted molar refractivity (Wildman–Crippen MR) is 55.5 cm³/mol. The van der Waals surface area contributed by atoms with Crippen LogP contribution in [0.2, 0.25) is 0 Å². The fourth-order valence-corrected chi connectivity index (χ4v) is 2.14. The standard InChI is InChI=1S/C10H15N3O3/c14-8(11-6-3-1-2-4-6)5-7-9(15)13-10(16)12-7/h6-7H,1-5H2,(H,11,14)(H2,12,13,15,16). The number of hydrogen-bond acceptors (Lipinski definition) is 3. The highest BCUT2D eigenvalue weighted by atomic mass is 16.2. The van der Waals surface area contributed by atoms with Gasteiger partial charge in [-0.3, -0.25) is 14.9 Å². The lowest BCUT2D eigenvalue weighted by Crippen LogP contribution is -2.39. The molecule has 0 bridgehead atoms. The minimum Gasteiger partial charge on any atom is -0.353 e. The number of carbonyl (C=O) groups excluding carboxylic acids is 3. The summed E-state index contributed by atoms with van der Waals surface area (Å²) < 4.78 is 0. The fraction of sp³-hybridized carbons (Fsp3) is 0.700. The zero-order valence-electron chi connectivity index (χ0n) is 8.91. The van der Waals surface area contributed by atoms with Gasteiger partial charge in [-0.2, -0.15) is 0 Å². The van der Waals surface area contributed by atoms with Gasteiger partial charge in [-0.25, -0.2) is 4.79 Å². The second-order valence-corrected chi connectivity index (χ2v) is 4.27. The van der Waals surface area contributed by atoms with Gasteiger partial charge < -0.3 is 10.6 Å². The van der Waals surface area contributed by atoms with Crippen molar-refractivity contribution >= 4 is 17.8 Å². The van der Waals surface area contributed by atoms with Crippen LogP contribution in [0.1, 0.15) is 32.1 Å². The molecule has 2 rings (SSSR count). The summed E-state index contributed by atoms with van der Waals surface area (Å²) in [5.41, 5.74) is 0. The number of imide groups is 1. The maximum atomic E-state index is 11.6. The van der Waals surface area contributed by atoms with Gasteiger partial charge in [0.1, 0.15) is 6.04 Å². The summed E-state index contributed by atoms with van der Waals surface area (Å²) in [6, 6.07) is -0.995. The number of carbonyl (C=O) groups is 3. The van der Waals surface area contributed by atoms with Crippen LogP contribution < -0.4 is 16.0 Å². The van der Waals surface area contributed by atoms with Crippen molar-refractivity contribution in [2.75, 3.05) is 0 Å². The van der Waals surface area contributed by atoms with Gasteiger partial charge in [-0.05, 0) is 12.8 Å². The fourth-order valence-electron chi connectivity index (χ4n) is 2.14. The molecule has 1 saturated carbocycles. The molecule has 88 valence electrons. The van der Waals surface area contributed by atoms with Crippen molar-refractivity contribution in [3.05, 3.63) is 0 Å². The van der Waals surface area contributed by atoms with E-state index in [1.165, 1.54) is 0 Å². The summed E-state index contributed by atoms with van der Waals surface area (Å²) in [5.74, 6) is -0.596. The van der Waals surface area contributed by atoms with Crippen molar-refractivity contribution in [2.45, 2.75) is 44.2 Å². The molecule has 6 nitrogen and oxygen atoms in total. The number of urea groups is 1. The highest BCUT2D eigenvalue weighted by molar-refractivity contribution is 6.05. The van der Waals surface area contributed by atoms with Crippen LogP contribution in [0.15, 0.2) is 0 Å². The van der Waals surface area contributed by atoms with E-state index in [0.717, 1.165) is 25.7 Å². The second kappa shape index (κ2) is 4.51. The average Bonchev–Trinajstić information content (AvgIpc) is 2.78. The largest absolute Gasteiger partial charge is 0.353 e. The van der Waals surface area contributed by atoms with Gasteiger partial charge in [0.15, 0.2) is 0 Å². The Kier molecular flexibility index (Phi) is 3.07. The smallest absolute Gasteiger partial charge is 0.322 e. The number of nitrogens with one attached hydrogen (secondary N) is 3. The average molecular weight is 225 g/mol. The third-order valence-corrected chi connectivity index (χ3v) is 2.97. The molecular weight excluding hydrogens is 210 g/mol. The van der Waals surface area contributed by atoms with E-state index in [1.54, 1.807) is 0 Å². The molecule has 16 heavy (non-hydrogen) atoms. The van der Waals surface area contributed by atoms with Crippen molar-refractivity contribution < 1.29 is 14.4 Å². The molecule has 2 fully saturated rings. The van der Waals surface area contributed by atoms with Gasteiger partial charge in [0, 0.05) is 6.04 Å². The Hall–Kier alpha value is -1.59. The lowest BCUT2D eigenvalue weighted by molar-refractivity contribution is -0.126. The van der Waals surface area contributed by atoms with Crippen LogP contribution in [0.25, 0.3) is 0 Å². The Morgan fingerprint density at radius 1 is 1.31 bits per heavy atom. The van der Waals surface area contributed by atoms with E-state index in [0.29, 0.717) is 0 Å². The van der Waals surface area contributed by atoms with Crippen LogP contribution in [-0.2, 0) is 9.59 Å². The first-order valence-corrected chi connectivity index (χ1v) is 5.56. The molecule has 1 saturated heterocycles. The summed E-state index contributed by atoms with van der Waals surface area (Å²) in [6.45, 7) is 0. The zero-order valence-corrected chi connectivity index (χ0v) is 8.91. The molecule has 0 aromatic carbocycles. The summed E-state index contributed by atoms with van der Waals surface area (Å²) in [5, 5.41) is 7.37. The Morgan fingerprint density at radius 3 is 2.56 bits per heavy atom. The molecule has 6 heteroatoms. The van der Waals surface area contributed by atoms with E-state index < -0.39 is 18.0 Å². The second-order valence-electron chi connectivity index (χ2n) is 4.27. The number of hydrogen-bond donors (Lipinski definition) is 3. The summed E-state index contributed by atoms with van der Waals surface area (Å²) in [7, 11) is 0. The lowest BCUT2D eigenvalue weighted by Gasteiger charge is -2.13. The lowest BCUT2D eigenvalue weighted by atomic mass is 10.2. The third-order valence-electron chi connectivity index (χ3n) is 2.97. The molecule has 0 radical (unpaired) electrons. The number of amides is 4. The molecule has 3 N–H and O–H groups in total. The Morgan fingerprint density at radius 2 is 2.00 bits per heavy atom. The van der Waals surface area contributed by atoms with E-state index >= 15 is 0 Å². The molecule has 4 amide bonds. The molecule has 2 aliphatic rings. The van der Waals surface area contributed by atoms with Crippen LogP contribution in [0, 0.1) is 0 Å². The van der Waals surface area contributed by atoms with Crippen molar-refractivity contribution in [3.63, 3.8) is 0 Å². The Balaban J connectivity index is 1.78. The van der Waals surface area contributed by atoms with Gasteiger partial charge in [0.2, 0.25) is 5.91 Å². The molecule has 0 aromatic rings. The van der Waals surface area contributed by atoms with E-state index in [-0.39, 0.29) is 18.4 Å². The van der Waals surface area contributed by atoms with Crippen molar-refractivity contribution in [1.29, 1.82) is 0 Å². The highest BCUT2D eigenvalue weighted by Gasteiger charge is 2.31. The summed E-state index contributed by atoms with van der Waals surface area (Å²) >= 11 is 0. The van der Waals surface area contributed by atoms with Crippen LogP contribution in [-0.4, -0.2) is 29.9 Å². The summed E-state index contributed by atoms with van der Waals surface area (Å²) in [4.78, 5) is 33.6. The SMILES string of the molecule is O=C(CC1NC(=O)NC1=O)NC1CCCC1. The topological polar surface area (TPSA) is 87.3 Å². The maximum absolute atomic E-state index is 11.6. The zero-order chi connectivity index (χ0) is 11.5. The van der Waals surface area contributed by atoms with Crippen molar-refractivity contribution in [3.8, 4) is 0 Å². The summed E-state index contributed by atoms with van der Waals surface area (Å²) in [6.07, 6.45) is 4.33. The van der Waals surface area contributed by atoms with Gasteiger partial charge in [0.05, 0.1) is 6.42 Å². The molecule has 1 aliphatic heterocycles. The predicted octanol–water partition coefficient (Wildman–Crippen LogP) is -0.357. The van der Waals surface area contributed by atoms with E-state index in [4.69, 9.17) is 0 Å². The van der Waals surface area contributed by atoms with Gasteiger partial charge >= 0.3 is 6.03 Å². The molecular formula is C10H15N3O3. The minimum atomic E-state index is -0.714. The van der Waals surface area contributed by atoms with Crippen LogP contribution in [0.4, 0.5) is 4.79 Å². The van der Waals surface area contributed by atoms with Crippen LogP contribution in [0.3, 0.4) is 0 Å². The highest BCUT2D eigenvalue weighted by Crippen LogP contribution is 2.17. The van der Waals surface area contributed by atoms with E-state index in [2.05, 4.69) is 16.0 Å². The van der Waals surface area contributed by atoms with Gasteiger partial charge in [0.25, 0.3) is 5.91 Å². The third kappa shape index (κ3) is 2.50. The molecule has 1 aliphatic carbocycles. The first-order valence-electron chi connectivity index (χ1n) is 5.56. The first kappa shape index (κ1) is 10.9. The quantitative estimate of drug-likeness (QED) is 0.573. The maximum Gasteiger partial charge on any atom is 0.322 e. The molecule has 0 spiro atoms. The molecule has 0 aromatic heterocycles. The molecule has 1 atom stereocenters. The minimum absolute atomic E-state index is 0.0219. The van der Waals surface area contributed by atoms with Gasteiger partial charge in [-0.1, -0.05) is 12.8 Å². The Labute approximate surface area is 93.1 Å². The monoisotopic (exact) mass is 225 g/mol. The van der Waals surface area contributed by atoms with Crippen molar-refractivity contribution in [2.24, 2.45) is 0 Å². The first-order chi connectivity index (χ1) is 7.65.